The van der Waals surface area contributed by atoms with Crippen molar-refractivity contribution < 1.29 is 14.6 Å². The molecule has 1 saturated heterocycles. The lowest BCUT2D eigenvalue weighted by Crippen LogP contribution is -2.45. The van der Waals surface area contributed by atoms with Crippen molar-refractivity contribution in [2.24, 2.45) is 0 Å². The summed E-state index contributed by atoms with van der Waals surface area (Å²) in [7, 11) is 1.69. The SMILES string of the molecule is COc1ccc(C2CNCCN2Cc2cccc(OCCO)c2)cc1. The van der Waals surface area contributed by atoms with Crippen LogP contribution in [-0.4, -0.2) is 50.0 Å². The molecule has 0 radical (unpaired) electrons. The molecule has 1 aliphatic heterocycles. The van der Waals surface area contributed by atoms with E-state index in [0.717, 1.165) is 37.7 Å². The van der Waals surface area contributed by atoms with E-state index in [-0.39, 0.29) is 6.61 Å². The van der Waals surface area contributed by atoms with E-state index in [1.54, 1.807) is 7.11 Å². The Bertz CT molecular complexity index is 660. The Balaban J connectivity index is 1.72. The summed E-state index contributed by atoms with van der Waals surface area (Å²) >= 11 is 0. The van der Waals surface area contributed by atoms with E-state index >= 15 is 0 Å². The third-order valence-electron chi connectivity index (χ3n) is 4.50. The van der Waals surface area contributed by atoms with Gasteiger partial charge in [-0.2, -0.15) is 0 Å². The van der Waals surface area contributed by atoms with Crippen LogP contribution in [-0.2, 0) is 6.54 Å². The average Bonchev–Trinajstić information content (AvgIpc) is 2.67. The fourth-order valence-corrected chi connectivity index (χ4v) is 3.22. The number of hydrogen-bond donors (Lipinski definition) is 2. The van der Waals surface area contributed by atoms with Crippen molar-refractivity contribution in [2.45, 2.75) is 12.6 Å². The Morgan fingerprint density at radius 3 is 2.76 bits per heavy atom. The van der Waals surface area contributed by atoms with E-state index < -0.39 is 0 Å². The van der Waals surface area contributed by atoms with Crippen LogP contribution in [0, 0.1) is 0 Å². The van der Waals surface area contributed by atoms with Crippen molar-refractivity contribution in [3.8, 4) is 11.5 Å². The highest BCUT2D eigenvalue weighted by atomic mass is 16.5. The highest BCUT2D eigenvalue weighted by molar-refractivity contribution is 5.31. The fourth-order valence-electron chi connectivity index (χ4n) is 3.22. The number of aliphatic hydroxyl groups is 1. The maximum atomic E-state index is 8.91. The van der Waals surface area contributed by atoms with E-state index in [0.29, 0.717) is 12.6 Å². The fraction of sp³-hybridized carbons (Fsp3) is 0.400. The summed E-state index contributed by atoms with van der Waals surface area (Å²) in [4.78, 5) is 2.49. The highest BCUT2D eigenvalue weighted by Gasteiger charge is 2.23. The maximum Gasteiger partial charge on any atom is 0.119 e. The third-order valence-corrected chi connectivity index (χ3v) is 4.50. The molecule has 1 heterocycles. The molecule has 0 bridgehead atoms. The Labute approximate surface area is 149 Å². The van der Waals surface area contributed by atoms with Crippen LogP contribution < -0.4 is 14.8 Å². The molecule has 1 atom stereocenters. The zero-order valence-corrected chi connectivity index (χ0v) is 14.6. The molecular formula is C20H26N2O3. The molecule has 134 valence electrons. The molecule has 1 aliphatic rings. The number of rotatable bonds is 7. The molecule has 2 aromatic carbocycles. The van der Waals surface area contributed by atoms with Crippen LogP contribution in [0.15, 0.2) is 48.5 Å². The smallest absolute Gasteiger partial charge is 0.119 e. The summed E-state index contributed by atoms with van der Waals surface area (Å²) in [5.41, 5.74) is 2.51. The van der Waals surface area contributed by atoms with Crippen LogP contribution in [0.1, 0.15) is 17.2 Å². The van der Waals surface area contributed by atoms with Gasteiger partial charge in [0.25, 0.3) is 0 Å². The number of hydrogen-bond acceptors (Lipinski definition) is 5. The van der Waals surface area contributed by atoms with Gasteiger partial charge in [0.1, 0.15) is 18.1 Å². The van der Waals surface area contributed by atoms with Crippen LogP contribution >= 0.6 is 0 Å². The van der Waals surface area contributed by atoms with Gasteiger partial charge in [-0.25, -0.2) is 0 Å². The molecular weight excluding hydrogens is 316 g/mol. The van der Waals surface area contributed by atoms with Crippen LogP contribution in [0.5, 0.6) is 11.5 Å². The van der Waals surface area contributed by atoms with E-state index in [2.05, 4.69) is 34.5 Å². The Morgan fingerprint density at radius 2 is 2.00 bits per heavy atom. The molecule has 25 heavy (non-hydrogen) atoms. The first-order valence-corrected chi connectivity index (χ1v) is 8.71. The molecule has 0 spiro atoms. The van der Waals surface area contributed by atoms with Gasteiger partial charge in [0, 0.05) is 32.2 Å². The molecule has 1 unspecified atom stereocenters. The lowest BCUT2D eigenvalue weighted by molar-refractivity contribution is 0.153. The second-order valence-corrected chi connectivity index (χ2v) is 6.18. The van der Waals surface area contributed by atoms with E-state index in [1.165, 1.54) is 11.1 Å². The van der Waals surface area contributed by atoms with Crippen LogP contribution in [0.25, 0.3) is 0 Å². The molecule has 2 N–H and O–H groups in total. The minimum Gasteiger partial charge on any atom is -0.497 e. The minimum absolute atomic E-state index is 0.0293. The first-order valence-electron chi connectivity index (χ1n) is 8.71. The van der Waals surface area contributed by atoms with Gasteiger partial charge in [-0.15, -0.1) is 0 Å². The number of aliphatic hydroxyl groups excluding tert-OH is 1. The van der Waals surface area contributed by atoms with E-state index in [1.807, 2.05) is 24.3 Å². The van der Waals surface area contributed by atoms with Crippen molar-refractivity contribution in [1.82, 2.24) is 10.2 Å². The van der Waals surface area contributed by atoms with Crippen LogP contribution in [0.4, 0.5) is 0 Å². The molecule has 0 amide bonds. The first kappa shape index (κ1) is 17.7. The zero-order valence-electron chi connectivity index (χ0n) is 14.6. The molecule has 5 heteroatoms. The standard InChI is InChI=1S/C20H26N2O3/c1-24-18-7-5-17(6-8-18)20-14-21-9-10-22(20)15-16-3-2-4-19(13-16)25-12-11-23/h2-8,13,20-21,23H,9-12,14-15H2,1H3. The number of methoxy groups -OCH3 is 1. The number of nitrogens with zero attached hydrogens (tertiary/aromatic N) is 1. The monoisotopic (exact) mass is 342 g/mol. The lowest BCUT2D eigenvalue weighted by Gasteiger charge is -2.36. The number of piperazine rings is 1. The Morgan fingerprint density at radius 1 is 1.16 bits per heavy atom. The number of ether oxygens (including phenoxy) is 2. The molecule has 0 saturated carbocycles. The summed E-state index contributed by atoms with van der Waals surface area (Å²) < 4.78 is 10.8. The van der Waals surface area contributed by atoms with Crippen LogP contribution in [0.3, 0.4) is 0 Å². The number of nitrogens with one attached hydrogen (secondary N) is 1. The molecule has 2 aromatic rings. The minimum atomic E-state index is 0.0293. The average molecular weight is 342 g/mol. The molecule has 0 aromatic heterocycles. The molecule has 3 rings (SSSR count). The van der Waals surface area contributed by atoms with Crippen LogP contribution in [0.2, 0.25) is 0 Å². The normalized spacial score (nSPS) is 18.1. The predicted molar refractivity (Wildman–Crippen MR) is 98.0 cm³/mol. The Hall–Kier alpha value is -2.08. The van der Waals surface area contributed by atoms with Gasteiger partial charge in [0.2, 0.25) is 0 Å². The Kier molecular flexibility index (Phi) is 6.28. The van der Waals surface area contributed by atoms with Gasteiger partial charge in [0.05, 0.1) is 13.7 Å². The van der Waals surface area contributed by atoms with Crippen molar-refractivity contribution >= 4 is 0 Å². The van der Waals surface area contributed by atoms with Gasteiger partial charge < -0.3 is 19.9 Å². The van der Waals surface area contributed by atoms with Gasteiger partial charge in [0.15, 0.2) is 0 Å². The summed E-state index contributed by atoms with van der Waals surface area (Å²) in [6.45, 7) is 4.15. The zero-order chi connectivity index (χ0) is 17.5. The third kappa shape index (κ3) is 4.72. The van der Waals surface area contributed by atoms with Crippen molar-refractivity contribution in [2.75, 3.05) is 40.0 Å². The second-order valence-electron chi connectivity index (χ2n) is 6.18. The van der Waals surface area contributed by atoms with Gasteiger partial charge in [-0.1, -0.05) is 24.3 Å². The predicted octanol–water partition coefficient (Wildman–Crippen LogP) is 2.21. The van der Waals surface area contributed by atoms with Gasteiger partial charge in [-0.3, -0.25) is 4.90 Å². The number of benzene rings is 2. The van der Waals surface area contributed by atoms with Crippen molar-refractivity contribution in [3.63, 3.8) is 0 Å². The lowest BCUT2D eigenvalue weighted by atomic mass is 10.0. The molecule has 5 nitrogen and oxygen atoms in total. The van der Waals surface area contributed by atoms with E-state index in [4.69, 9.17) is 14.6 Å². The summed E-state index contributed by atoms with van der Waals surface area (Å²) in [5.74, 6) is 1.69. The topological polar surface area (TPSA) is 54.0 Å². The highest BCUT2D eigenvalue weighted by Crippen LogP contribution is 2.26. The molecule has 1 fully saturated rings. The molecule has 0 aliphatic carbocycles. The first-order chi connectivity index (χ1) is 12.3. The van der Waals surface area contributed by atoms with Crippen molar-refractivity contribution in [3.05, 3.63) is 59.7 Å². The quantitative estimate of drug-likeness (QED) is 0.808. The maximum absolute atomic E-state index is 8.91. The largest absolute Gasteiger partial charge is 0.497 e. The second kappa shape index (κ2) is 8.85. The van der Waals surface area contributed by atoms with Gasteiger partial charge >= 0.3 is 0 Å². The summed E-state index contributed by atoms with van der Waals surface area (Å²) in [6, 6.07) is 16.8. The summed E-state index contributed by atoms with van der Waals surface area (Å²) in [5, 5.41) is 12.4. The van der Waals surface area contributed by atoms with Gasteiger partial charge in [-0.05, 0) is 35.4 Å². The van der Waals surface area contributed by atoms with E-state index in [9.17, 15) is 0 Å². The van der Waals surface area contributed by atoms with Crippen molar-refractivity contribution in [1.29, 1.82) is 0 Å². The summed E-state index contributed by atoms with van der Waals surface area (Å²) in [6.07, 6.45) is 0.